The summed E-state index contributed by atoms with van der Waals surface area (Å²) in [7, 11) is 0. The summed E-state index contributed by atoms with van der Waals surface area (Å²) in [5.74, 6) is 0.473. The van der Waals surface area contributed by atoms with Crippen molar-refractivity contribution in [3.05, 3.63) is 50.9 Å². The SMILES string of the molecule is O=c1ccnc(-c2ccc(Cl)c(Cl)c2)[nH]1. The maximum atomic E-state index is 11.1. The summed E-state index contributed by atoms with van der Waals surface area (Å²) in [6.07, 6.45) is 1.44. The maximum absolute atomic E-state index is 11.1. The average molecular weight is 241 g/mol. The Balaban J connectivity index is 2.55. The van der Waals surface area contributed by atoms with Gasteiger partial charge in [-0.3, -0.25) is 4.79 Å². The molecule has 15 heavy (non-hydrogen) atoms. The van der Waals surface area contributed by atoms with E-state index in [-0.39, 0.29) is 5.56 Å². The van der Waals surface area contributed by atoms with E-state index in [2.05, 4.69) is 9.97 Å². The van der Waals surface area contributed by atoms with Gasteiger partial charge in [0.1, 0.15) is 5.82 Å². The topological polar surface area (TPSA) is 45.8 Å². The van der Waals surface area contributed by atoms with E-state index >= 15 is 0 Å². The minimum Gasteiger partial charge on any atom is -0.307 e. The molecule has 0 saturated heterocycles. The number of benzene rings is 1. The van der Waals surface area contributed by atoms with Gasteiger partial charge in [0.25, 0.3) is 5.56 Å². The number of H-pyrrole nitrogens is 1. The predicted molar refractivity (Wildman–Crippen MR) is 60.3 cm³/mol. The molecule has 0 unspecified atom stereocenters. The van der Waals surface area contributed by atoms with Gasteiger partial charge in [0.15, 0.2) is 0 Å². The molecule has 2 rings (SSSR count). The number of nitrogens with zero attached hydrogens (tertiary/aromatic N) is 1. The van der Waals surface area contributed by atoms with Gasteiger partial charge in [0.2, 0.25) is 0 Å². The van der Waals surface area contributed by atoms with Crippen LogP contribution in [0.1, 0.15) is 0 Å². The number of rotatable bonds is 1. The van der Waals surface area contributed by atoms with E-state index in [0.717, 1.165) is 5.56 Å². The van der Waals surface area contributed by atoms with Crippen LogP contribution >= 0.6 is 23.2 Å². The maximum Gasteiger partial charge on any atom is 0.251 e. The second-order valence-corrected chi connectivity index (χ2v) is 3.73. The van der Waals surface area contributed by atoms with Gasteiger partial charge >= 0.3 is 0 Å². The normalized spacial score (nSPS) is 10.3. The minimum atomic E-state index is -0.203. The molecular formula is C10H6Cl2N2O. The Labute approximate surface area is 95.7 Å². The molecule has 0 aliphatic heterocycles. The van der Waals surface area contributed by atoms with Gasteiger partial charge in [-0.2, -0.15) is 0 Å². The van der Waals surface area contributed by atoms with Gasteiger partial charge in [-0.25, -0.2) is 4.98 Å². The van der Waals surface area contributed by atoms with Crippen molar-refractivity contribution in [3.8, 4) is 11.4 Å². The third kappa shape index (κ3) is 2.19. The molecule has 0 aliphatic rings. The molecule has 0 saturated carbocycles. The first-order valence-electron chi connectivity index (χ1n) is 4.17. The Bertz CT molecular complexity index is 551. The number of halogens is 2. The summed E-state index contributed by atoms with van der Waals surface area (Å²) in [5.41, 5.74) is 0.521. The molecular weight excluding hydrogens is 235 g/mol. The molecule has 1 aromatic carbocycles. The molecule has 0 spiro atoms. The van der Waals surface area contributed by atoms with Gasteiger partial charge in [-0.05, 0) is 18.2 Å². The van der Waals surface area contributed by atoms with Gasteiger partial charge in [0, 0.05) is 17.8 Å². The Hall–Kier alpha value is -1.32. The van der Waals surface area contributed by atoms with E-state index in [0.29, 0.717) is 15.9 Å². The van der Waals surface area contributed by atoms with Crippen LogP contribution in [0, 0.1) is 0 Å². The van der Waals surface area contributed by atoms with Crippen LogP contribution in [0.2, 0.25) is 10.0 Å². The molecule has 1 N–H and O–H groups in total. The smallest absolute Gasteiger partial charge is 0.251 e. The van der Waals surface area contributed by atoms with Crippen molar-refractivity contribution < 1.29 is 0 Å². The molecule has 1 aromatic heterocycles. The van der Waals surface area contributed by atoms with Crippen molar-refractivity contribution in [3.63, 3.8) is 0 Å². The molecule has 0 bridgehead atoms. The van der Waals surface area contributed by atoms with E-state index in [1.54, 1.807) is 18.2 Å². The van der Waals surface area contributed by atoms with Crippen molar-refractivity contribution in [2.75, 3.05) is 0 Å². The van der Waals surface area contributed by atoms with E-state index < -0.39 is 0 Å². The standard InChI is InChI=1S/C10H6Cl2N2O/c11-7-2-1-6(5-8(7)12)10-13-4-3-9(15)14-10/h1-5H,(H,13,14,15). The fraction of sp³-hybridized carbons (Fsp3) is 0. The first-order valence-corrected chi connectivity index (χ1v) is 4.93. The van der Waals surface area contributed by atoms with Crippen molar-refractivity contribution in [2.24, 2.45) is 0 Å². The van der Waals surface area contributed by atoms with Crippen LogP contribution in [0.25, 0.3) is 11.4 Å². The molecule has 0 atom stereocenters. The highest BCUT2D eigenvalue weighted by Gasteiger charge is 2.03. The van der Waals surface area contributed by atoms with Crippen LogP contribution in [-0.4, -0.2) is 9.97 Å². The van der Waals surface area contributed by atoms with E-state index in [1.165, 1.54) is 12.3 Å². The number of aromatic amines is 1. The summed E-state index contributed by atoms with van der Waals surface area (Å²) in [6, 6.07) is 6.40. The fourth-order valence-electron chi connectivity index (χ4n) is 1.16. The average Bonchev–Trinajstić information content (AvgIpc) is 2.22. The summed E-state index contributed by atoms with van der Waals surface area (Å²) < 4.78 is 0. The lowest BCUT2D eigenvalue weighted by Crippen LogP contribution is -2.05. The molecule has 1 heterocycles. The zero-order valence-electron chi connectivity index (χ0n) is 7.50. The van der Waals surface area contributed by atoms with Gasteiger partial charge in [-0.15, -0.1) is 0 Å². The highest BCUT2D eigenvalue weighted by atomic mass is 35.5. The first kappa shape index (κ1) is 10.2. The Kier molecular flexibility index (Phi) is 2.75. The van der Waals surface area contributed by atoms with E-state index in [1.807, 2.05) is 0 Å². The second kappa shape index (κ2) is 4.04. The quantitative estimate of drug-likeness (QED) is 0.834. The largest absolute Gasteiger partial charge is 0.307 e. The molecule has 5 heteroatoms. The molecule has 0 amide bonds. The summed E-state index contributed by atoms with van der Waals surface area (Å²) >= 11 is 11.6. The van der Waals surface area contributed by atoms with Crippen LogP contribution in [0.4, 0.5) is 0 Å². The van der Waals surface area contributed by atoms with Crippen molar-refractivity contribution in [1.82, 2.24) is 9.97 Å². The van der Waals surface area contributed by atoms with Crippen LogP contribution < -0.4 is 5.56 Å². The highest BCUT2D eigenvalue weighted by molar-refractivity contribution is 6.42. The Morgan fingerprint density at radius 3 is 2.60 bits per heavy atom. The first-order chi connectivity index (χ1) is 7.16. The Morgan fingerprint density at radius 1 is 1.13 bits per heavy atom. The summed E-state index contributed by atoms with van der Waals surface area (Å²) in [5, 5.41) is 0.902. The highest BCUT2D eigenvalue weighted by Crippen LogP contribution is 2.26. The Morgan fingerprint density at radius 2 is 1.93 bits per heavy atom. The minimum absolute atomic E-state index is 0.203. The van der Waals surface area contributed by atoms with Crippen molar-refractivity contribution >= 4 is 23.2 Å². The summed E-state index contributed by atoms with van der Waals surface area (Å²) in [6.45, 7) is 0. The monoisotopic (exact) mass is 240 g/mol. The van der Waals surface area contributed by atoms with Crippen LogP contribution in [0.15, 0.2) is 35.3 Å². The molecule has 2 aromatic rings. The number of hydrogen-bond acceptors (Lipinski definition) is 2. The third-order valence-electron chi connectivity index (χ3n) is 1.86. The van der Waals surface area contributed by atoms with Crippen LogP contribution in [0.3, 0.4) is 0 Å². The molecule has 0 aliphatic carbocycles. The van der Waals surface area contributed by atoms with Gasteiger partial charge in [-0.1, -0.05) is 23.2 Å². The molecule has 3 nitrogen and oxygen atoms in total. The van der Waals surface area contributed by atoms with Crippen molar-refractivity contribution in [2.45, 2.75) is 0 Å². The number of nitrogens with one attached hydrogen (secondary N) is 1. The van der Waals surface area contributed by atoms with E-state index in [9.17, 15) is 4.79 Å². The zero-order valence-corrected chi connectivity index (χ0v) is 9.01. The number of aromatic nitrogens is 2. The third-order valence-corrected chi connectivity index (χ3v) is 2.60. The molecule has 0 radical (unpaired) electrons. The lowest BCUT2D eigenvalue weighted by atomic mass is 10.2. The fourth-order valence-corrected chi connectivity index (χ4v) is 1.46. The second-order valence-electron chi connectivity index (χ2n) is 2.91. The van der Waals surface area contributed by atoms with Gasteiger partial charge in [0.05, 0.1) is 10.0 Å². The van der Waals surface area contributed by atoms with Crippen LogP contribution in [-0.2, 0) is 0 Å². The molecule has 0 fully saturated rings. The number of hydrogen-bond donors (Lipinski definition) is 1. The zero-order chi connectivity index (χ0) is 10.8. The van der Waals surface area contributed by atoms with Crippen molar-refractivity contribution in [1.29, 1.82) is 0 Å². The van der Waals surface area contributed by atoms with E-state index in [4.69, 9.17) is 23.2 Å². The lowest BCUT2D eigenvalue weighted by Gasteiger charge is -2.01. The lowest BCUT2D eigenvalue weighted by molar-refractivity contribution is 1.13. The summed E-state index contributed by atoms with van der Waals surface area (Å²) in [4.78, 5) is 17.7. The predicted octanol–water partition coefficient (Wildman–Crippen LogP) is 2.74. The molecule has 76 valence electrons. The van der Waals surface area contributed by atoms with Gasteiger partial charge < -0.3 is 4.98 Å². The van der Waals surface area contributed by atoms with Crippen LogP contribution in [0.5, 0.6) is 0 Å².